The molecule has 0 bridgehead atoms. The first-order valence-electron chi connectivity index (χ1n) is 8.64. The number of ether oxygens (including phenoxy) is 2. The van der Waals surface area contributed by atoms with Gasteiger partial charge in [0.1, 0.15) is 11.9 Å². The van der Waals surface area contributed by atoms with Crippen molar-refractivity contribution in [2.24, 2.45) is 5.92 Å². The molecule has 2 N–H and O–H groups in total. The minimum Gasteiger partial charge on any atom is -0.488 e. The molecule has 1 amide bonds. The molecular formula is C18H27ClN2O3. The Hall–Kier alpha value is -1.30. The predicted molar refractivity (Wildman–Crippen MR) is 97.0 cm³/mol. The number of piperidine rings is 1. The first kappa shape index (κ1) is 19.0. The molecular weight excluding hydrogens is 328 g/mol. The van der Waals surface area contributed by atoms with Crippen molar-refractivity contribution in [3.8, 4) is 5.75 Å². The molecule has 24 heavy (non-hydrogen) atoms. The van der Waals surface area contributed by atoms with Crippen LogP contribution in [-0.4, -0.2) is 38.3 Å². The van der Waals surface area contributed by atoms with Crippen LogP contribution in [0.2, 0.25) is 0 Å². The van der Waals surface area contributed by atoms with Gasteiger partial charge in [-0.05, 0) is 62.5 Å². The van der Waals surface area contributed by atoms with Gasteiger partial charge in [0, 0.05) is 18.5 Å². The molecule has 1 unspecified atom stereocenters. The van der Waals surface area contributed by atoms with Gasteiger partial charge in [-0.3, -0.25) is 4.79 Å². The lowest BCUT2D eigenvalue weighted by atomic mass is 9.93. The number of benzene rings is 1. The van der Waals surface area contributed by atoms with E-state index in [1.807, 2.05) is 24.3 Å². The molecule has 0 spiro atoms. The normalized spacial score (nSPS) is 21.1. The minimum atomic E-state index is 0. The summed E-state index contributed by atoms with van der Waals surface area (Å²) in [5, 5.41) is 6.32. The van der Waals surface area contributed by atoms with Crippen LogP contribution in [0.3, 0.4) is 0 Å². The Morgan fingerprint density at radius 1 is 1.21 bits per heavy atom. The standard InChI is InChI=1S/C18H26N2O3.ClH/c21-18(6-1-14-7-10-19-11-8-14)20-15-2-4-16(5-3-15)23-17-9-12-22-13-17;/h2-5,14,17,19H,1,6-13H2,(H,20,21);1H. The van der Waals surface area contributed by atoms with E-state index in [1.165, 1.54) is 12.8 Å². The number of carbonyl (C=O) groups is 1. The van der Waals surface area contributed by atoms with Crippen LogP contribution < -0.4 is 15.4 Å². The fourth-order valence-corrected chi connectivity index (χ4v) is 3.14. The van der Waals surface area contributed by atoms with Crippen molar-refractivity contribution in [3.05, 3.63) is 24.3 Å². The molecule has 0 saturated carbocycles. The molecule has 2 aliphatic rings. The molecule has 0 aromatic heterocycles. The molecule has 1 aromatic carbocycles. The number of carbonyl (C=O) groups excluding carboxylic acids is 1. The monoisotopic (exact) mass is 354 g/mol. The van der Waals surface area contributed by atoms with Gasteiger partial charge in [0.15, 0.2) is 0 Å². The molecule has 1 aromatic rings. The summed E-state index contributed by atoms with van der Waals surface area (Å²) in [7, 11) is 0. The lowest BCUT2D eigenvalue weighted by Gasteiger charge is -2.22. The third kappa shape index (κ3) is 5.96. The molecule has 5 nitrogen and oxygen atoms in total. The highest BCUT2D eigenvalue weighted by atomic mass is 35.5. The van der Waals surface area contributed by atoms with Crippen molar-refractivity contribution in [2.75, 3.05) is 31.6 Å². The second-order valence-electron chi connectivity index (χ2n) is 6.41. The smallest absolute Gasteiger partial charge is 0.224 e. The topological polar surface area (TPSA) is 59.6 Å². The van der Waals surface area contributed by atoms with Crippen molar-refractivity contribution < 1.29 is 14.3 Å². The fraction of sp³-hybridized carbons (Fsp3) is 0.611. The molecule has 0 radical (unpaired) electrons. The van der Waals surface area contributed by atoms with Crippen LogP contribution in [0.25, 0.3) is 0 Å². The summed E-state index contributed by atoms with van der Waals surface area (Å²) in [6, 6.07) is 7.60. The summed E-state index contributed by atoms with van der Waals surface area (Å²) in [6.07, 6.45) is 5.04. The Labute approximate surface area is 149 Å². The van der Waals surface area contributed by atoms with Crippen LogP contribution in [0.5, 0.6) is 5.75 Å². The maximum absolute atomic E-state index is 12.0. The fourth-order valence-electron chi connectivity index (χ4n) is 3.14. The predicted octanol–water partition coefficient (Wildman–Crippen LogP) is 2.99. The molecule has 2 aliphatic heterocycles. The Bertz CT molecular complexity index is 497. The number of nitrogens with one attached hydrogen (secondary N) is 2. The maximum atomic E-state index is 12.0. The molecule has 0 aliphatic carbocycles. The lowest BCUT2D eigenvalue weighted by molar-refractivity contribution is -0.116. The summed E-state index contributed by atoms with van der Waals surface area (Å²) in [5.74, 6) is 1.61. The van der Waals surface area contributed by atoms with Gasteiger partial charge in [-0.1, -0.05) is 0 Å². The van der Waals surface area contributed by atoms with E-state index in [0.717, 1.165) is 44.0 Å². The summed E-state index contributed by atoms with van der Waals surface area (Å²) in [5.41, 5.74) is 0.829. The van der Waals surface area contributed by atoms with Crippen LogP contribution >= 0.6 is 12.4 Å². The highest BCUT2D eigenvalue weighted by Gasteiger charge is 2.17. The van der Waals surface area contributed by atoms with E-state index >= 15 is 0 Å². The van der Waals surface area contributed by atoms with E-state index in [-0.39, 0.29) is 24.4 Å². The molecule has 2 saturated heterocycles. The van der Waals surface area contributed by atoms with Gasteiger partial charge in [-0.25, -0.2) is 0 Å². The van der Waals surface area contributed by atoms with Crippen molar-refractivity contribution in [1.29, 1.82) is 0 Å². The zero-order chi connectivity index (χ0) is 15.9. The number of halogens is 1. The number of hydrogen-bond acceptors (Lipinski definition) is 4. The van der Waals surface area contributed by atoms with Crippen molar-refractivity contribution in [3.63, 3.8) is 0 Å². The zero-order valence-corrected chi connectivity index (χ0v) is 14.8. The second-order valence-corrected chi connectivity index (χ2v) is 6.41. The Morgan fingerprint density at radius 3 is 2.62 bits per heavy atom. The van der Waals surface area contributed by atoms with E-state index in [9.17, 15) is 4.79 Å². The quantitative estimate of drug-likeness (QED) is 0.824. The summed E-state index contributed by atoms with van der Waals surface area (Å²) < 4.78 is 11.1. The van der Waals surface area contributed by atoms with Crippen molar-refractivity contribution >= 4 is 24.0 Å². The number of hydrogen-bond donors (Lipinski definition) is 2. The van der Waals surface area contributed by atoms with Gasteiger partial charge in [0.05, 0.1) is 13.2 Å². The molecule has 2 fully saturated rings. The van der Waals surface area contributed by atoms with Gasteiger partial charge in [0.2, 0.25) is 5.91 Å². The van der Waals surface area contributed by atoms with Gasteiger partial charge in [-0.2, -0.15) is 0 Å². The summed E-state index contributed by atoms with van der Waals surface area (Å²) in [4.78, 5) is 12.0. The van der Waals surface area contributed by atoms with E-state index < -0.39 is 0 Å². The second kappa shape index (κ2) is 9.87. The van der Waals surface area contributed by atoms with Crippen molar-refractivity contribution in [2.45, 2.75) is 38.2 Å². The Morgan fingerprint density at radius 2 is 1.96 bits per heavy atom. The first-order valence-corrected chi connectivity index (χ1v) is 8.64. The summed E-state index contributed by atoms with van der Waals surface area (Å²) >= 11 is 0. The number of anilines is 1. The third-order valence-corrected chi connectivity index (χ3v) is 4.57. The third-order valence-electron chi connectivity index (χ3n) is 4.57. The number of amides is 1. The van der Waals surface area contributed by atoms with Crippen molar-refractivity contribution in [1.82, 2.24) is 5.32 Å². The van der Waals surface area contributed by atoms with Gasteiger partial charge < -0.3 is 20.1 Å². The maximum Gasteiger partial charge on any atom is 0.224 e. The molecule has 1 atom stereocenters. The molecule has 134 valence electrons. The first-order chi connectivity index (χ1) is 11.3. The number of rotatable bonds is 6. The van der Waals surface area contributed by atoms with E-state index in [2.05, 4.69) is 10.6 Å². The van der Waals surface area contributed by atoms with Crippen LogP contribution in [0.15, 0.2) is 24.3 Å². The Balaban J connectivity index is 0.00000208. The van der Waals surface area contributed by atoms with Gasteiger partial charge in [-0.15, -0.1) is 12.4 Å². The summed E-state index contributed by atoms with van der Waals surface area (Å²) in [6.45, 7) is 3.60. The molecule has 2 heterocycles. The van der Waals surface area contributed by atoms with E-state index in [0.29, 0.717) is 18.9 Å². The largest absolute Gasteiger partial charge is 0.488 e. The zero-order valence-electron chi connectivity index (χ0n) is 14.0. The van der Waals surface area contributed by atoms with Crippen LogP contribution in [0.4, 0.5) is 5.69 Å². The van der Waals surface area contributed by atoms with Gasteiger partial charge >= 0.3 is 0 Å². The highest BCUT2D eigenvalue weighted by molar-refractivity contribution is 5.90. The van der Waals surface area contributed by atoms with E-state index in [4.69, 9.17) is 9.47 Å². The highest BCUT2D eigenvalue weighted by Crippen LogP contribution is 2.21. The Kier molecular flexibility index (Phi) is 7.82. The van der Waals surface area contributed by atoms with Gasteiger partial charge in [0.25, 0.3) is 0 Å². The van der Waals surface area contributed by atoms with Crippen LogP contribution in [0.1, 0.15) is 32.1 Å². The minimum absolute atomic E-state index is 0. The van der Waals surface area contributed by atoms with Crippen LogP contribution in [-0.2, 0) is 9.53 Å². The average molecular weight is 355 g/mol. The van der Waals surface area contributed by atoms with E-state index in [1.54, 1.807) is 0 Å². The molecule has 3 rings (SSSR count). The lowest BCUT2D eigenvalue weighted by Crippen LogP contribution is -2.28. The SMILES string of the molecule is Cl.O=C(CCC1CCNCC1)Nc1ccc(OC2CCOC2)cc1. The average Bonchev–Trinajstić information content (AvgIpc) is 3.09. The van der Waals surface area contributed by atoms with Crippen LogP contribution in [0, 0.1) is 5.92 Å². The molecule has 6 heteroatoms.